The van der Waals surface area contributed by atoms with Gasteiger partial charge in [0, 0.05) is 19.3 Å². The lowest BCUT2D eigenvalue weighted by molar-refractivity contribution is -0.142. The topological polar surface area (TPSA) is 73.9 Å². The number of carbonyl (C=O) groups is 1. The molecule has 0 heterocycles. The van der Waals surface area contributed by atoms with Crippen molar-refractivity contribution in [2.75, 3.05) is 6.61 Å². The molecule has 122 valence electrons. The highest BCUT2D eigenvalue weighted by atomic mass is 16.5. The van der Waals surface area contributed by atoms with E-state index in [1.807, 2.05) is 6.08 Å². The Bertz CT molecular complexity index is 563. The van der Waals surface area contributed by atoms with Crippen molar-refractivity contribution in [3.8, 4) is 12.1 Å². The number of nitriles is 2. The van der Waals surface area contributed by atoms with Gasteiger partial charge in [0.25, 0.3) is 0 Å². The second kappa shape index (κ2) is 8.34. The molecule has 0 radical (unpaired) electrons. The monoisotopic (exact) mass is 312 g/mol. The molecule has 1 aliphatic carbocycles. The molecule has 0 unspecified atom stereocenters. The Balaban J connectivity index is 3.03. The van der Waals surface area contributed by atoms with Crippen molar-refractivity contribution in [1.82, 2.24) is 0 Å². The van der Waals surface area contributed by atoms with Gasteiger partial charge in [-0.3, -0.25) is 4.79 Å². The minimum absolute atomic E-state index is 0.0106. The Morgan fingerprint density at radius 1 is 1.52 bits per heavy atom. The van der Waals surface area contributed by atoms with Gasteiger partial charge in [-0.2, -0.15) is 10.5 Å². The number of carbonyl (C=O) groups excluding carboxylic acids is 1. The fourth-order valence-corrected chi connectivity index (χ4v) is 3.15. The second-order valence-corrected chi connectivity index (χ2v) is 6.13. The van der Waals surface area contributed by atoms with Gasteiger partial charge in [0.05, 0.1) is 18.7 Å². The fraction of sp³-hybridized carbons (Fsp3) is 0.526. The molecular weight excluding hydrogens is 288 g/mol. The molecule has 0 saturated heterocycles. The van der Waals surface area contributed by atoms with Gasteiger partial charge in [0.1, 0.15) is 0 Å². The molecule has 0 amide bonds. The summed E-state index contributed by atoms with van der Waals surface area (Å²) in [5.41, 5.74) is -0.298. The zero-order valence-electron chi connectivity index (χ0n) is 13.9. The van der Waals surface area contributed by atoms with Gasteiger partial charge in [0.15, 0.2) is 5.41 Å². The van der Waals surface area contributed by atoms with Crippen LogP contribution in [0.5, 0.6) is 0 Å². The molecular formula is C19H24N2O2. The highest BCUT2D eigenvalue weighted by Gasteiger charge is 2.39. The second-order valence-electron chi connectivity index (χ2n) is 6.13. The standard InChI is InChI=1S/C19H24N2O2/c1-5-9-19(12-20,13-21)17-8-7-14(3)18(10-17)16(6-2)11-23-15(4)22/h5-6,8,14,16,18H,1-2,7,9-11H2,3-4H3/t14-,16-,18-/m0/s1. The molecule has 1 rings (SSSR count). The molecule has 0 saturated carbocycles. The van der Waals surface area contributed by atoms with Crippen LogP contribution in [0.25, 0.3) is 0 Å². The molecule has 4 nitrogen and oxygen atoms in total. The molecule has 0 spiro atoms. The molecule has 0 aromatic heterocycles. The third-order valence-corrected chi connectivity index (χ3v) is 4.63. The SMILES string of the molecule is C=CCC(C#N)(C#N)C1=CC[C@H](C)[C@@H]([C@@H](C=C)COC(C)=O)C1. The molecule has 0 fully saturated rings. The average Bonchev–Trinajstić information content (AvgIpc) is 2.54. The van der Waals surface area contributed by atoms with Gasteiger partial charge in [-0.25, -0.2) is 0 Å². The summed E-state index contributed by atoms with van der Waals surface area (Å²) >= 11 is 0. The first-order valence-electron chi connectivity index (χ1n) is 7.83. The summed E-state index contributed by atoms with van der Waals surface area (Å²) in [7, 11) is 0. The number of hydrogen-bond acceptors (Lipinski definition) is 4. The molecule has 0 aliphatic heterocycles. The highest BCUT2D eigenvalue weighted by molar-refractivity contribution is 5.65. The molecule has 0 aromatic carbocycles. The minimum atomic E-state index is -1.15. The van der Waals surface area contributed by atoms with Crippen LogP contribution in [0.15, 0.2) is 37.0 Å². The van der Waals surface area contributed by atoms with E-state index in [9.17, 15) is 15.3 Å². The number of esters is 1. The molecule has 3 atom stereocenters. The first kappa shape index (κ1) is 18.7. The predicted molar refractivity (Wildman–Crippen MR) is 88.8 cm³/mol. The first-order chi connectivity index (χ1) is 10.9. The summed E-state index contributed by atoms with van der Waals surface area (Å²) in [5, 5.41) is 19.1. The normalized spacial score (nSPS) is 22.0. The lowest BCUT2D eigenvalue weighted by atomic mass is 9.66. The number of rotatable bonds is 7. The van der Waals surface area contributed by atoms with Crippen molar-refractivity contribution in [1.29, 1.82) is 10.5 Å². The van der Waals surface area contributed by atoms with Crippen molar-refractivity contribution >= 4 is 5.97 Å². The maximum atomic E-state index is 11.1. The van der Waals surface area contributed by atoms with Crippen molar-refractivity contribution in [2.45, 2.75) is 33.1 Å². The predicted octanol–water partition coefficient (Wildman–Crippen LogP) is 3.93. The van der Waals surface area contributed by atoms with Crippen LogP contribution < -0.4 is 0 Å². The van der Waals surface area contributed by atoms with Crippen LogP contribution in [0.3, 0.4) is 0 Å². The van der Waals surface area contributed by atoms with Crippen LogP contribution in [0.1, 0.15) is 33.1 Å². The van der Waals surface area contributed by atoms with Gasteiger partial charge < -0.3 is 4.74 Å². The van der Waals surface area contributed by atoms with Gasteiger partial charge in [-0.1, -0.05) is 25.2 Å². The van der Waals surface area contributed by atoms with Crippen molar-refractivity contribution < 1.29 is 9.53 Å². The van der Waals surface area contributed by atoms with Gasteiger partial charge in [-0.05, 0) is 30.3 Å². The summed E-state index contributed by atoms with van der Waals surface area (Å²) in [5.74, 6) is 0.261. The number of hydrogen-bond donors (Lipinski definition) is 0. The van der Waals surface area contributed by atoms with E-state index in [2.05, 4.69) is 32.2 Å². The largest absolute Gasteiger partial charge is 0.465 e. The molecule has 0 aromatic rings. The number of allylic oxidation sites excluding steroid dienone is 3. The third kappa shape index (κ3) is 4.33. The Labute approximate surface area is 138 Å². The van der Waals surface area contributed by atoms with E-state index in [1.165, 1.54) is 6.92 Å². The zero-order valence-corrected chi connectivity index (χ0v) is 13.9. The van der Waals surface area contributed by atoms with Gasteiger partial charge in [0.2, 0.25) is 0 Å². The molecule has 1 aliphatic rings. The summed E-state index contributed by atoms with van der Waals surface area (Å²) < 4.78 is 5.14. The molecule has 4 heteroatoms. The fourth-order valence-electron chi connectivity index (χ4n) is 3.15. The van der Waals surface area contributed by atoms with Crippen LogP contribution in [0, 0.1) is 45.8 Å². The van der Waals surface area contributed by atoms with Crippen molar-refractivity contribution in [3.05, 3.63) is 37.0 Å². The minimum Gasteiger partial charge on any atom is -0.465 e. The van der Waals surface area contributed by atoms with E-state index in [1.54, 1.807) is 12.2 Å². The quantitative estimate of drug-likeness (QED) is 0.527. The van der Waals surface area contributed by atoms with Crippen LogP contribution in [0.4, 0.5) is 0 Å². The van der Waals surface area contributed by atoms with Crippen molar-refractivity contribution in [3.63, 3.8) is 0 Å². The van der Waals surface area contributed by atoms with Gasteiger partial charge in [-0.15, -0.1) is 13.2 Å². The maximum Gasteiger partial charge on any atom is 0.302 e. The van der Waals surface area contributed by atoms with Gasteiger partial charge >= 0.3 is 5.97 Å². The number of ether oxygens (including phenoxy) is 1. The Morgan fingerprint density at radius 3 is 2.65 bits per heavy atom. The lowest BCUT2D eigenvalue weighted by Crippen LogP contribution is -2.31. The summed E-state index contributed by atoms with van der Waals surface area (Å²) in [6, 6.07) is 4.33. The lowest BCUT2D eigenvalue weighted by Gasteiger charge is -2.36. The Hall–Kier alpha value is -2.33. The van der Waals surface area contributed by atoms with E-state index < -0.39 is 5.41 Å². The summed E-state index contributed by atoms with van der Waals surface area (Å²) in [4.78, 5) is 11.1. The van der Waals surface area contributed by atoms with Crippen LogP contribution in [-0.4, -0.2) is 12.6 Å². The smallest absolute Gasteiger partial charge is 0.302 e. The molecule has 0 N–H and O–H groups in total. The molecule has 0 bridgehead atoms. The van der Waals surface area contributed by atoms with E-state index >= 15 is 0 Å². The van der Waals surface area contributed by atoms with Crippen molar-refractivity contribution in [2.24, 2.45) is 23.2 Å². The maximum absolute atomic E-state index is 11.1. The first-order valence-corrected chi connectivity index (χ1v) is 7.83. The van der Waals surface area contributed by atoms with Crippen LogP contribution >= 0.6 is 0 Å². The van der Waals surface area contributed by atoms with E-state index in [-0.39, 0.29) is 24.4 Å². The summed E-state index contributed by atoms with van der Waals surface area (Å²) in [6.07, 6.45) is 7.19. The Kier molecular flexibility index (Phi) is 6.79. The Morgan fingerprint density at radius 2 is 2.17 bits per heavy atom. The highest BCUT2D eigenvalue weighted by Crippen LogP contribution is 2.43. The van der Waals surface area contributed by atoms with E-state index in [4.69, 9.17) is 4.74 Å². The molecule has 23 heavy (non-hydrogen) atoms. The van der Waals surface area contributed by atoms with Crippen LogP contribution in [0.2, 0.25) is 0 Å². The number of nitrogens with zero attached hydrogens (tertiary/aromatic N) is 2. The third-order valence-electron chi connectivity index (χ3n) is 4.63. The van der Waals surface area contributed by atoms with E-state index in [0.717, 1.165) is 12.0 Å². The summed E-state index contributed by atoms with van der Waals surface area (Å²) in [6.45, 7) is 11.3. The zero-order chi connectivity index (χ0) is 17.5. The average molecular weight is 312 g/mol. The van der Waals surface area contributed by atoms with Crippen LogP contribution in [-0.2, 0) is 9.53 Å². The van der Waals surface area contributed by atoms with E-state index in [0.29, 0.717) is 18.8 Å².